The first-order valence-electron chi connectivity index (χ1n) is 9.61. The number of nitrogens with zero attached hydrogens (tertiary/aromatic N) is 5. The van der Waals surface area contributed by atoms with Crippen LogP contribution in [-0.2, 0) is 12.0 Å². The predicted octanol–water partition coefficient (Wildman–Crippen LogP) is 2.32. The molecule has 1 spiro atoms. The lowest BCUT2D eigenvalue weighted by atomic mass is 9.78. The third kappa shape index (κ3) is 3.25. The molecule has 1 N–H and O–H groups in total. The lowest BCUT2D eigenvalue weighted by Crippen LogP contribution is -2.57. The summed E-state index contributed by atoms with van der Waals surface area (Å²) in [5.41, 5.74) is 2.99. The van der Waals surface area contributed by atoms with Crippen LogP contribution in [0.15, 0.2) is 23.9 Å². The van der Waals surface area contributed by atoms with E-state index in [2.05, 4.69) is 26.8 Å². The van der Waals surface area contributed by atoms with Gasteiger partial charge in [-0.2, -0.15) is 0 Å². The molecule has 2 aliphatic rings. The largest absolute Gasteiger partial charge is 0.348 e. The molecule has 2 aromatic heterocycles. The van der Waals surface area contributed by atoms with Crippen molar-refractivity contribution >= 4 is 17.7 Å². The van der Waals surface area contributed by atoms with Crippen LogP contribution < -0.4 is 0 Å². The number of nitrogens with one attached hydrogen (secondary N) is 1. The summed E-state index contributed by atoms with van der Waals surface area (Å²) >= 11 is 1.48. The van der Waals surface area contributed by atoms with Crippen LogP contribution in [0.3, 0.4) is 0 Å². The highest BCUT2D eigenvalue weighted by Crippen LogP contribution is 2.42. The van der Waals surface area contributed by atoms with Gasteiger partial charge in [-0.25, -0.2) is 15.0 Å². The van der Waals surface area contributed by atoms with Crippen molar-refractivity contribution in [3.8, 4) is 0 Å². The van der Waals surface area contributed by atoms with Gasteiger partial charge in [0.05, 0.1) is 23.1 Å². The Labute approximate surface area is 164 Å². The molecule has 1 saturated heterocycles. The van der Waals surface area contributed by atoms with Crippen LogP contribution in [0.1, 0.15) is 47.9 Å². The van der Waals surface area contributed by atoms with E-state index in [1.807, 2.05) is 17.5 Å². The van der Waals surface area contributed by atoms with Crippen LogP contribution in [0.5, 0.6) is 0 Å². The summed E-state index contributed by atoms with van der Waals surface area (Å²) in [7, 11) is 0. The first-order valence-corrected chi connectivity index (χ1v) is 10.8. The molecular formula is C19H26N6OS. The molecule has 0 radical (unpaired) electrons. The van der Waals surface area contributed by atoms with E-state index in [0.717, 1.165) is 51.9 Å². The van der Waals surface area contributed by atoms with E-state index in [0.29, 0.717) is 10.7 Å². The van der Waals surface area contributed by atoms with Crippen molar-refractivity contribution in [2.24, 2.45) is 0 Å². The smallest absolute Gasteiger partial charge is 0.256 e. The normalized spacial score (nSPS) is 19.3. The molecule has 1 amide bonds. The van der Waals surface area contributed by atoms with Gasteiger partial charge in [0.15, 0.2) is 5.16 Å². The highest BCUT2D eigenvalue weighted by molar-refractivity contribution is 7.98. The summed E-state index contributed by atoms with van der Waals surface area (Å²) < 4.78 is 0. The first kappa shape index (κ1) is 18.4. The molecule has 4 rings (SSSR count). The number of carbonyl (C=O) groups excluding carboxylic acids is 1. The van der Waals surface area contributed by atoms with E-state index in [9.17, 15) is 4.79 Å². The number of aromatic amines is 1. The molecule has 0 atom stereocenters. The summed E-state index contributed by atoms with van der Waals surface area (Å²) in [6.07, 6.45) is 11.0. The topological polar surface area (TPSA) is 78.0 Å². The Hall–Kier alpha value is -1.93. The van der Waals surface area contributed by atoms with E-state index in [4.69, 9.17) is 4.98 Å². The maximum Gasteiger partial charge on any atom is 0.256 e. The third-order valence-electron chi connectivity index (χ3n) is 5.83. The zero-order valence-electron chi connectivity index (χ0n) is 15.9. The van der Waals surface area contributed by atoms with Crippen LogP contribution >= 0.6 is 11.8 Å². The van der Waals surface area contributed by atoms with Crippen molar-refractivity contribution in [2.75, 3.05) is 32.4 Å². The Kier molecular flexibility index (Phi) is 5.19. The maximum atomic E-state index is 12.9. The van der Waals surface area contributed by atoms with Crippen molar-refractivity contribution in [1.29, 1.82) is 0 Å². The van der Waals surface area contributed by atoms with Crippen LogP contribution in [0.4, 0.5) is 0 Å². The molecule has 2 aliphatic heterocycles. The zero-order chi connectivity index (χ0) is 18.9. The lowest BCUT2D eigenvalue weighted by Gasteiger charge is -2.50. The van der Waals surface area contributed by atoms with Crippen LogP contribution in [0.2, 0.25) is 0 Å². The minimum atomic E-state index is -0.0421. The zero-order valence-corrected chi connectivity index (χ0v) is 16.8. The molecule has 0 bridgehead atoms. The molecular weight excluding hydrogens is 360 g/mol. The van der Waals surface area contributed by atoms with Crippen LogP contribution in [0.25, 0.3) is 0 Å². The van der Waals surface area contributed by atoms with Crippen molar-refractivity contribution in [3.63, 3.8) is 0 Å². The monoisotopic (exact) mass is 386 g/mol. The Morgan fingerprint density at radius 2 is 1.96 bits per heavy atom. The van der Waals surface area contributed by atoms with Gasteiger partial charge in [0.2, 0.25) is 0 Å². The number of hydrogen-bond acceptors (Lipinski definition) is 6. The summed E-state index contributed by atoms with van der Waals surface area (Å²) in [5, 5.41) is 0.688. The summed E-state index contributed by atoms with van der Waals surface area (Å²) in [4.78, 5) is 33.9. The predicted molar refractivity (Wildman–Crippen MR) is 105 cm³/mol. The van der Waals surface area contributed by atoms with Gasteiger partial charge >= 0.3 is 0 Å². The van der Waals surface area contributed by atoms with Gasteiger partial charge < -0.3 is 9.88 Å². The summed E-state index contributed by atoms with van der Waals surface area (Å²) in [5.74, 6) is 0.0256. The maximum absolute atomic E-state index is 12.9. The second-order valence-electron chi connectivity index (χ2n) is 7.25. The molecule has 0 aliphatic carbocycles. The number of fused-ring (bicyclic) bond motifs is 2. The summed E-state index contributed by atoms with van der Waals surface area (Å²) in [6, 6.07) is 0. The fourth-order valence-corrected chi connectivity index (χ4v) is 4.78. The Morgan fingerprint density at radius 3 is 2.63 bits per heavy atom. The number of piperidine rings is 1. The van der Waals surface area contributed by atoms with E-state index < -0.39 is 0 Å². The Morgan fingerprint density at radius 1 is 1.22 bits per heavy atom. The average Bonchev–Trinajstić information content (AvgIpc) is 3.20. The number of thioether (sulfide) groups is 1. The highest BCUT2D eigenvalue weighted by atomic mass is 32.2. The number of aromatic nitrogens is 4. The third-order valence-corrected chi connectivity index (χ3v) is 6.40. The fourth-order valence-electron chi connectivity index (χ4n) is 4.47. The molecule has 4 heterocycles. The molecule has 144 valence electrons. The molecule has 2 aromatic rings. The fraction of sp³-hybridized carbons (Fsp3) is 0.579. The number of H-pyrrole nitrogens is 1. The molecule has 0 aromatic carbocycles. The SMILES string of the molecule is CCCN1CCc2[nH]cnc2C12CCN(C(=O)c1cnc(SC)nc1)CC2. The van der Waals surface area contributed by atoms with E-state index in [-0.39, 0.29) is 11.4 Å². The van der Waals surface area contributed by atoms with Gasteiger partial charge in [0, 0.05) is 44.1 Å². The lowest BCUT2D eigenvalue weighted by molar-refractivity contribution is 0.00705. The van der Waals surface area contributed by atoms with Crippen molar-refractivity contribution < 1.29 is 4.79 Å². The van der Waals surface area contributed by atoms with Crippen molar-refractivity contribution in [3.05, 3.63) is 35.7 Å². The van der Waals surface area contributed by atoms with E-state index in [1.54, 1.807) is 12.4 Å². The van der Waals surface area contributed by atoms with Gasteiger partial charge in [-0.1, -0.05) is 18.7 Å². The molecule has 0 unspecified atom stereocenters. The Balaban J connectivity index is 1.52. The molecule has 27 heavy (non-hydrogen) atoms. The number of imidazole rings is 1. The standard InChI is InChI=1S/C19H26N6OS/c1-3-7-25-8-4-15-16(23-13-22-15)19(25)5-9-24(10-6-19)17(26)14-11-20-18(27-2)21-12-14/h11-13H,3-10H2,1-2H3,(H,22,23). The van der Waals surface area contributed by atoms with Crippen LogP contribution in [-0.4, -0.2) is 68.1 Å². The second kappa shape index (κ2) is 7.59. The minimum absolute atomic E-state index is 0.0256. The number of rotatable bonds is 4. The quantitative estimate of drug-likeness (QED) is 0.642. The van der Waals surface area contributed by atoms with E-state index >= 15 is 0 Å². The molecule has 0 saturated carbocycles. The number of carbonyl (C=O) groups is 1. The van der Waals surface area contributed by atoms with Gasteiger partial charge in [-0.05, 0) is 32.1 Å². The number of amides is 1. The van der Waals surface area contributed by atoms with Crippen molar-refractivity contribution in [1.82, 2.24) is 29.7 Å². The molecule has 1 fully saturated rings. The van der Waals surface area contributed by atoms with Gasteiger partial charge in [0.1, 0.15) is 0 Å². The average molecular weight is 387 g/mol. The van der Waals surface area contributed by atoms with E-state index in [1.165, 1.54) is 23.1 Å². The molecule has 8 heteroatoms. The molecule has 7 nitrogen and oxygen atoms in total. The summed E-state index contributed by atoms with van der Waals surface area (Å²) in [6.45, 7) is 5.82. The minimum Gasteiger partial charge on any atom is -0.348 e. The van der Waals surface area contributed by atoms with Gasteiger partial charge in [-0.3, -0.25) is 9.69 Å². The van der Waals surface area contributed by atoms with Crippen molar-refractivity contribution in [2.45, 2.75) is 43.3 Å². The number of hydrogen-bond donors (Lipinski definition) is 1. The number of likely N-dealkylation sites (tertiary alicyclic amines) is 1. The first-order chi connectivity index (χ1) is 13.2. The second-order valence-corrected chi connectivity index (χ2v) is 8.02. The van der Waals surface area contributed by atoms with Gasteiger partial charge in [-0.15, -0.1) is 0 Å². The highest BCUT2D eigenvalue weighted by Gasteiger charge is 2.46. The van der Waals surface area contributed by atoms with Crippen LogP contribution in [0, 0.1) is 0 Å². The Bertz CT molecular complexity index is 797. The van der Waals surface area contributed by atoms with Gasteiger partial charge in [0.25, 0.3) is 5.91 Å².